The summed E-state index contributed by atoms with van der Waals surface area (Å²) >= 11 is 0. The lowest BCUT2D eigenvalue weighted by Crippen LogP contribution is -2.35. The largest absolute Gasteiger partial charge is 0.295 e. The van der Waals surface area contributed by atoms with Crippen LogP contribution in [-0.4, -0.2) is 17.7 Å². The molecule has 102 valence electrons. The zero-order valence-electron chi connectivity index (χ0n) is 11.4. The molecule has 0 aromatic heterocycles. The SMILES string of the molecule is CC(C)(C)C(=O)C(F)C(=O)c1cc(C#N)cc(C#N)c1. The van der Waals surface area contributed by atoms with Crippen LogP contribution in [0.4, 0.5) is 4.39 Å². The number of nitriles is 2. The third kappa shape index (κ3) is 3.27. The summed E-state index contributed by atoms with van der Waals surface area (Å²) in [6.45, 7) is 4.55. The summed E-state index contributed by atoms with van der Waals surface area (Å²) in [7, 11) is 0. The highest BCUT2D eigenvalue weighted by molar-refractivity contribution is 6.14. The molecule has 0 bridgehead atoms. The van der Waals surface area contributed by atoms with Gasteiger partial charge in [0.25, 0.3) is 0 Å². The van der Waals surface area contributed by atoms with Gasteiger partial charge in [0.2, 0.25) is 12.0 Å². The van der Waals surface area contributed by atoms with Gasteiger partial charge >= 0.3 is 0 Å². The number of carbonyl (C=O) groups is 2. The van der Waals surface area contributed by atoms with Crippen LogP contribution in [0.2, 0.25) is 0 Å². The van der Waals surface area contributed by atoms with Crippen molar-refractivity contribution in [1.29, 1.82) is 10.5 Å². The minimum Gasteiger partial charge on any atom is -0.295 e. The molecule has 1 aromatic carbocycles. The molecule has 5 heteroatoms. The van der Waals surface area contributed by atoms with Crippen LogP contribution in [0.25, 0.3) is 0 Å². The van der Waals surface area contributed by atoms with E-state index in [1.165, 1.54) is 39.0 Å². The van der Waals surface area contributed by atoms with Crippen LogP contribution < -0.4 is 0 Å². The van der Waals surface area contributed by atoms with E-state index < -0.39 is 23.2 Å². The fourth-order valence-corrected chi connectivity index (χ4v) is 1.54. The molecule has 1 atom stereocenters. The summed E-state index contributed by atoms with van der Waals surface area (Å²) in [5.41, 5.74) is -0.990. The van der Waals surface area contributed by atoms with Crippen molar-refractivity contribution in [3.05, 3.63) is 34.9 Å². The number of nitrogens with zero attached hydrogens (tertiary/aromatic N) is 2. The summed E-state index contributed by atoms with van der Waals surface area (Å²) < 4.78 is 14.0. The van der Waals surface area contributed by atoms with Gasteiger partial charge in [0.05, 0.1) is 23.3 Å². The lowest BCUT2D eigenvalue weighted by atomic mass is 9.85. The van der Waals surface area contributed by atoms with Crippen molar-refractivity contribution in [3.63, 3.8) is 0 Å². The molecule has 1 aromatic rings. The molecule has 0 aliphatic rings. The van der Waals surface area contributed by atoms with E-state index in [9.17, 15) is 14.0 Å². The maximum absolute atomic E-state index is 14.0. The first-order valence-corrected chi connectivity index (χ1v) is 5.88. The third-order valence-corrected chi connectivity index (χ3v) is 2.68. The molecule has 0 fully saturated rings. The van der Waals surface area contributed by atoms with Gasteiger partial charge in [-0.15, -0.1) is 0 Å². The van der Waals surface area contributed by atoms with Crippen molar-refractivity contribution in [2.45, 2.75) is 26.9 Å². The number of carbonyl (C=O) groups excluding carboxylic acids is 2. The van der Waals surface area contributed by atoms with Crippen LogP contribution in [0, 0.1) is 28.1 Å². The van der Waals surface area contributed by atoms with E-state index in [0.717, 1.165) is 0 Å². The molecule has 0 saturated carbocycles. The van der Waals surface area contributed by atoms with Crippen LogP contribution >= 0.6 is 0 Å². The third-order valence-electron chi connectivity index (χ3n) is 2.68. The Morgan fingerprint density at radius 3 is 1.90 bits per heavy atom. The van der Waals surface area contributed by atoms with E-state index in [0.29, 0.717) is 0 Å². The second-order valence-corrected chi connectivity index (χ2v) is 5.36. The number of alkyl halides is 1. The summed E-state index contributed by atoms with van der Waals surface area (Å²) in [6, 6.07) is 7.20. The molecular weight excluding hydrogens is 259 g/mol. The van der Waals surface area contributed by atoms with Crippen LogP contribution in [0.1, 0.15) is 42.3 Å². The van der Waals surface area contributed by atoms with Gasteiger partial charge in [-0.1, -0.05) is 20.8 Å². The van der Waals surface area contributed by atoms with Crippen molar-refractivity contribution in [2.75, 3.05) is 0 Å². The number of rotatable bonds is 3. The number of hydrogen-bond acceptors (Lipinski definition) is 4. The van der Waals surface area contributed by atoms with Gasteiger partial charge in [-0.05, 0) is 18.2 Å². The maximum atomic E-state index is 14.0. The molecule has 0 heterocycles. The van der Waals surface area contributed by atoms with Gasteiger partial charge < -0.3 is 0 Å². The molecule has 4 nitrogen and oxygen atoms in total. The fraction of sp³-hybridized carbons (Fsp3) is 0.333. The van der Waals surface area contributed by atoms with Crippen molar-refractivity contribution in [1.82, 2.24) is 0 Å². The zero-order valence-corrected chi connectivity index (χ0v) is 11.4. The van der Waals surface area contributed by atoms with Gasteiger partial charge in [-0.25, -0.2) is 4.39 Å². The molecule has 0 amide bonds. The molecule has 0 spiro atoms. The Balaban J connectivity index is 3.20. The first-order chi connectivity index (χ1) is 9.20. The van der Waals surface area contributed by atoms with Crippen molar-refractivity contribution < 1.29 is 14.0 Å². The first-order valence-electron chi connectivity index (χ1n) is 5.88. The molecule has 0 N–H and O–H groups in total. The van der Waals surface area contributed by atoms with E-state index >= 15 is 0 Å². The highest BCUT2D eigenvalue weighted by Gasteiger charge is 2.35. The summed E-state index contributed by atoms with van der Waals surface area (Å²) in [6.07, 6.45) is -2.30. The zero-order chi connectivity index (χ0) is 15.5. The van der Waals surface area contributed by atoms with Crippen LogP contribution in [0.3, 0.4) is 0 Å². The average molecular weight is 272 g/mol. The Morgan fingerprint density at radius 2 is 1.55 bits per heavy atom. The standard InChI is InChI=1S/C15H13FN2O2/c1-15(2,3)14(20)12(16)13(19)11-5-9(7-17)4-10(6-11)8-18/h4-6,12H,1-3H3. The second kappa shape index (κ2) is 5.63. The van der Waals surface area contributed by atoms with Crippen LogP contribution in [-0.2, 0) is 4.79 Å². The molecular formula is C15H13FN2O2. The molecule has 0 aliphatic carbocycles. The van der Waals surface area contributed by atoms with Crippen molar-refractivity contribution in [3.8, 4) is 12.1 Å². The quantitative estimate of drug-likeness (QED) is 0.625. The monoisotopic (exact) mass is 272 g/mol. The van der Waals surface area contributed by atoms with Gasteiger partial charge in [0.15, 0.2) is 5.78 Å². The smallest absolute Gasteiger partial charge is 0.221 e. The Kier molecular flexibility index (Phi) is 4.37. The second-order valence-electron chi connectivity index (χ2n) is 5.36. The Labute approximate surface area is 116 Å². The molecule has 0 saturated heterocycles. The number of ketones is 2. The lowest BCUT2D eigenvalue weighted by Gasteiger charge is -2.18. The molecule has 20 heavy (non-hydrogen) atoms. The maximum Gasteiger partial charge on any atom is 0.221 e. The van der Waals surface area contributed by atoms with Crippen LogP contribution in [0.5, 0.6) is 0 Å². The van der Waals surface area contributed by atoms with E-state index in [2.05, 4.69) is 0 Å². The molecule has 1 rings (SSSR count). The number of halogens is 1. The predicted octanol–water partition coefficient (Wildman–Crippen LogP) is 2.57. The number of benzene rings is 1. The molecule has 1 unspecified atom stereocenters. The Bertz CT molecular complexity index is 613. The van der Waals surface area contributed by atoms with E-state index in [-0.39, 0.29) is 16.7 Å². The Hall–Kier alpha value is -2.53. The van der Waals surface area contributed by atoms with E-state index in [1.807, 2.05) is 0 Å². The molecule has 0 aliphatic heterocycles. The van der Waals surface area contributed by atoms with E-state index in [4.69, 9.17) is 10.5 Å². The number of Topliss-reactive ketones (excluding diaryl/α,β-unsaturated/α-hetero) is 2. The van der Waals surface area contributed by atoms with Gasteiger partial charge in [-0.2, -0.15) is 10.5 Å². The van der Waals surface area contributed by atoms with Gasteiger partial charge in [0, 0.05) is 11.0 Å². The van der Waals surface area contributed by atoms with Gasteiger partial charge in [-0.3, -0.25) is 9.59 Å². The van der Waals surface area contributed by atoms with Crippen molar-refractivity contribution >= 4 is 11.6 Å². The average Bonchev–Trinajstić information content (AvgIpc) is 2.43. The summed E-state index contributed by atoms with van der Waals surface area (Å²) in [5, 5.41) is 17.6. The topological polar surface area (TPSA) is 81.7 Å². The highest BCUT2D eigenvalue weighted by atomic mass is 19.1. The minimum atomic E-state index is -2.30. The van der Waals surface area contributed by atoms with Crippen LogP contribution in [0.15, 0.2) is 18.2 Å². The van der Waals surface area contributed by atoms with Crippen molar-refractivity contribution in [2.24, 2.45) is 5.41 Å². The van der Waals surface area contributed by atoms with Gasteiger partial charge in [0.1, 0.15) is 0 Å². The summed E-state index contributed by atoms with van der Waals surface area (Å²) in [4.78, 5) is 23.7. The molecule has 0 radical (unpaired) electrons. The first kappa shape index (κ1) is 15.5. The number of hydrogen-bond donors (Lipinski definition) is 0. The Morgan fingerprint density at radius 1 is 1.10 bits per heavy atom. The highest BCUT2D eigenvalue weighted by Crippen LogP contribution is 2.21. The normalized spacial score (nSPS) is 12.1. The summed E-state index contributed by atoms with van der Waals surface area (Å²) in [5.74, 6) is -1.86. The van der Waals surface area contributed by atoms with E-state index in [1.54, 1.807) is 12.1 Å². The fourth-order valence-electron chi connectivity index (χ4n) is 1.54. The lowest BCUT2D eigenvalue weighted by molar-refractivity contribution is -0.129. The minimum absolute atomic E-state index is 0.0720. The predicted molar refractivity (Wildman–Crippen MR) is 69.6 cm³/mol.